The molecule has 0 saturated heterocycles. The van der Waals surface area contributed by atoms with Crippen molar-refractivity contribution >= 4 is 15.7 Å². The molecule has 4 nitrogen and oxygen atoms in total. The molecule has 1 saturated carbocycles. The fraction of sp³-hybridized carbons (Fsp3) is 0.600. The number of benzene rings is 1. The average molecular weight is 296 g/mol. The largest absolute Gasteiger partial charge is 0.384 e. The molecule has 2 atom stereocenters. The standard InChI is InChI=1S/C15H24N2O2S/c1-12-6-5-7-13(10-12)11-17-14-8-3-4-9-15(14)20(18,19)16-2/h3-4,8-9,12-13,16-17H,5-7,10-11H2,1-2H3. The van der Waals surface area contributed by atoms with Gasteiger partial charge >= 0.3 is 0 Å². The highest BCUT2D eigenvalue weighted by Crippen LogP contribution is 2.29. The van der Waals surface area contributed by atoms with Crippen molar-refractivity contribution in [3.05, 3.63) is 24.3 Å². The van der Waals surface area contributed by atoms with E-state index in [1.54, 1.807) is 12.1 Å². The van der Waals surface area contributed by atoms with Gasteiger partial charge in [-0.25, -0.2) is 13.1 Å². The molecule has 20 heavy (non-hydrogen) atoms. The Morgan fingerprint density at radius 2 is 2.00 bits per heavy atom. The number of sulfonamides is 1. The maximum atomic E-state index is 12.0. The van der Waals surface area contributed by atoms with Gasteiger partial charge in [0.1, 0.15) is 4.90 Å². The predicted molar refractivity (Wildman–Crippen MR) is 82.3 cm³/mol. The number of hydrogen-bond acceptors (Lipinski definition) is 3. The first-order valence-electron chi connectivity index (χ1n) is 7.29. The van der Waals surface area contributed by atoms with E-state index >= 15 is 0 Å². The molecule has 0 heterocycles. The van der Waals surface area contributed by atoms with Gasteiger partial charge in [-0.05, 0) is 43.9 Å². The third-order valence-electron chi connectivity index (χ3n) is 4.07. The number of hydrogen-bond donors (Lipinski definition) is 2. The SMILES string of the molecule is CNS(=O)(=O)c1ccccc1NCC1CCCC(C)C1. The van der Waals surface area contributed by atoms with Crippen molar-refractivity contribution in [1.82, 2.24) is 4.72 Å². The Morgan fingerprint density at radius 3 is 2.70 bits per heavy atom. The van der Waals surface area contributed by atoms with Gasteiger partial charge in [-0.15, -0.1) is 0 Å². The summed E-state index contributed by atoms with van der Waals surface area (Å²) < 4.78 is 26.3. The van der Waals surface area contributed by atoms with Crippen molar-refractivity contribution in [3.63, 3.8) is 0 Å². The van der Waals surface area contributed by atoms with E-state index in [0.29, 0.717) is 16.5 Å². The Kier molecular flexibility index (Phi) is 5.05. The lowest BCUT2D eigenvalue weighted by molar-refractivity contribution is 0.293. The van der Waals surface area contributed by atoms with Crippen molar-refractivity contribution < 1.29 is 8.42 Å². The summed E-state index contributed by atoms with van der Waals surface area (Å²) in [7, 11) is -1.97. The van der Waals surface area contributed by atoms with Crippen LogP contribution in [0.1, 0.15) is 32.6 Å². The van der Waals surface area contributed by atoms with Gasteiger partial charge in [0, 0.05) is 6.54 Å². The lowest BCUT2D eigenvalue weighted by Crippen LogP contribution is -2.23. The van der Waals surface area contributed by atoms with Crippen molar-refractivity contribution in [2.75, 3.05) is 18.9 Å². The van der Waals surface area contributed by atoms with Crippen LogP contribution in [0.5, 0.6) is 0 Å². The van der Waals surface area contributed by atoms with E-state index in [4.69, 9.17) is 0 Å². The fourth-order valence-corrected chi connectivity index (χ4v) is 3.86. The number of anilines is 1. The highest BCUT2D eigenvalue weighted by molar-refractivity contribution is 7.89. The van der Waals surface area contributed by atoms with E-state index < -0.39 is 10.0 Å². The van der Waals surface area contributed by atoms with Crippen molar-refractivity contribution in [2.24, 2.45) is 11.8 Å². The minimum Gasteiger partial charge on any atom is -0.384 e. The summed E-state index contributed by atoms with van der Waals surface area (Å²) in [6.45, 7) is 3.14. The molecule has 0 radical (unpaired) electrons. The second-order valence-corrected chi connectivity index (χ2v) is 7.58. The maximum absolute atomic E-state index is 12.0. The molecule has 0 spiro atoms. The highest BCUT2D eigenvalue weighted by atomic mass is 32.2. The van der Waals surface area contributed by atoms with E-state index in [1.165, 1.54) is 32.7 Å². The molecule has 0 aliphatic heterocycles. The van der Waals surface area contributed by atoms with E-state index in [0.717, 1.165) is 12.5 Å². The van der Waals surface area contributed by atoms with Crippen LogP contribution in [-0.2, 0) is 10.0 Å². The molecule has 0 amide bonds. The molecule has 2 N–H and O–H groups in total. The summed E-state index contributed by atoms with van der Waals surface area (Å²) in [5.74, 6) is 1.43. The number of rotatable bonds is 5. The Balaban J connectivity index is 2.06. The van der Waals surface area contributed by atoms with Crippen LogP contribution in [0.2, 0.25) is 0 Å². The van der Waals surface area contributed by atoms with Gasteiger partial charge in [-0.2, -0.15) is 0 Å². The summed E-state index contributed by atoms with van der Waals surface area (Å²) >= 11 is 0. The molecule has 5 heteroatoms. The second-order valence-electron chi connectivity index (χ2n) is 5.72. The predicted octanol–water partition coefficient (Wildman–Crippen LogP) is 2.83. The Morgan fingerprint density at radius 1 is 1.25 bits per heavy atom. The smallest absolute Gasteiger partial charge is 0.242 e. The molecule has 2 unspecified atom stereocenters. The molecule has 0 aromatic heterocycles. The molecule has 2 rings (SSSR count). The van der Waals surface area contributed by atoms with Crippen LogP contribution in [0, 0.1) is 11.8 Å². The molecular weight excluding hydrogens is 272 g/mol. The van der Waals surface area contributed by atoms with Gasteiger partial charge in [0.05, 0.1) is 5.69 Å². The fourth-order valence-electron chi connectivity index (χ4n) is 2.96. The first-order chi connectivity index (χ1) is 9.53. The molecule has 1 aliphatic carbocycles. The summed E-state index contributed by atoms with van der Waals surface area (Å²) in [5, 5.41) is 3.32. The number of para-hydroxylation sites is 1. The van der Waals surface area contributed by atoms with Crippen LogP contribution in [-0.4, -0.2) is 22.0 Å². The normalized spacial score (nSPS) is 23.5. The molecule has 112 valence electrons. The van der Waals surface area contributed by atoms with Gasteiger partial charge in [-0.3, -0.25) is 0 Å². The zero-order valence-corrected chi connectivity index (χ0v) is 13.0. The molecule has 1 aromatic carbocycles. The van der Waals surface area contributed by atoms with Crippen LogP contribution in [0.3, 0.4) is 0 Å². The molecule has 1 fully saturated rings. The van der Waals surface area contributed by atoms with Gasteiger partial charge < -0.3 is 5.32 Å². The molecule has 1 aliphatic rings. The van der Waals surface area contributed by atoms with Gasteiger partial charge in [0.25, 0.3) is 0 Å². The van der Waals surface area contributed by atoms with E-state index in [1.807, 2.05) is 12.1 Å². The van der Waals surface area contributed by atoms with Crippen LogP contribution in [0.15, 0.2) is 29.2 Å². The Hall–Kier alpha value is -1.07. The quantitative estimate of drug-likeness (QED) is 0.878. The molecule has 1 aromatic rings. The Labute approximate surface area is 122 Å². The first kappa shape index (κ1) is 15.3. The summed E-state index contributed by atoms with van der Waals surface area (Å²) in [4.78, 5) is 0.325. The summed E-state index contributed by atoms with van der Waals surface area (Å²) in [6, 6.07) is 7.08. The van der Waals surface area contributed by atoms with E-state index in [-0.39, 0.29) is 0 Å². The summed E-state index contributed by atoms with van der Waals surface area (Å²) in [5.41, 5.74) is 0.695. The third-order valence-corrected chi connectivity index (χ3v) is 5.54. The van der Waals surface area contributed by atoms with E-state index in [9.17, 15) is 8.42 Å². The summed E-state index contributed by atoms with van der Waals surface area (Å²) in [6.07, 6.45) is 5.07. The van der Waals surface area contributed by atoms with Crippen LogP contribution >= 0.6 is 0 Å². The monoisotopic (exact) mass is 296 g/mol. The average Bonchev–Trinajstić information content (AvgIpc) is 2.45. The zero-order valence-electron chi connectivity index (χ0n) is 12.2. The minimum absolute atomic E-state index is 0.325. The van der Waals surface area contributed by atoms with Gasteiger partial charge in [0.15, 0.2) is 0 Å². The van der Waals surface area contributed by atoms with Gasteiger partial charge in [0.2, 0.25) is 10.0 Å². The lowest BCUT2D eigenvalue weighted by Gasteiger charge is -2.27. The topological polar surface area (TPSA) is 58.2 Å². The first-order valence-corrected chi connectivity index (χ1v) is 8.77. The zero-order chi connectivity index (χ0) is 14.6. The van der Waals surface area contributed by atoms with Crippen molar-refractivity contribution in [2.45, 2.75) is 37.5 Å². The van der Waals surface area contributed by atoms with Crippen molar-refractivity contribution in [1.29, 1.82) is 0 Å². The highest BCUT2D eigenvalue weighted by Gasteiger charge is 2.20. The number of nitrogens with one attached hydrogen (secondary N) is 2. The molecular formula is C15H24N2O2S. The Bertz CT molecular complexity index is 543. The van der Waals surface area contributed by atoms with Crippen LogP contribution < -0.4 is 10.0 Å². The van der Waals surface area contributed by atoms with E-state index in [2.05, 4.69) is 17.0 Å². The molecule has 0 bridgehead atoms. The second kappa shape index (κ2) is 6.59. The van der Waals surface area contributed by atoms with Crippen LogP contribution in [0.25, 0.3) is 0 Å². The van der Waals surface area contributed by atoms with Crippen LogP contribution in [0.4, 0.5) is 5.69 Å². The van der Waals surface area contributed by atoms with Crippen molar-refractivity contribution in [3.8, 4) is 0 Å². The lowest BCUT2D eigenvalue weighted by atomic mass is 9.82. The maximum Gasteiger partial charge on any atom is 0.242 e. The third kappa shape index (κ3) is 3.73. The minimum atomic E-state index is -3.41. The van der Waals surface area contributed by atoms with Gasteiger partial charge in [-0.1, -0.05) is 31.9 Å².